The Labute approximate surface area is 109 Å². The highest BCUT2D eigenvalue weighted by molar-refractivity contribution is 5.34. The van der Waals surface area contributed by atoms with Crippen molar-refractivity contribution in [2.45, 2.75) is 32.4 Å². The van der Waals surface area contributed by atoms with Crippen LogP contribution < -0.4 is 5.73 Å². The van der Waals surface area contributed by atoms with Crippen LogP contribution in [0, 0.1) is 5.92 Å². The molecule has 1 unspecified atom stereocenters. The molecule has 0 aromatic carbocycles. The van der Waals surface area contributed by atoms with Gasteiger partial charge >= 0.3 is 0 Å². The minimum atomic E-state index is 0.611. The highest BCUT2D eigenvalue weighted by Gasteiger charge is 2.31. The average molecular weight is 249 g/mol. The molecule has 18 heavy (non-hydrogen) atoms. The van der Waals surface area contributed by atoms with Crippen molar-refractivity contribution >= 4 is 5.69 Å². The Kier molecular flexibility index (Phi) is 4.55. The molecule has 1 atom stereocenters. The summed E-state index contributed by atoms with van der Waals surface area (Å²) in [4.78, 5) is 6.84. The van der Waals surface area contributed by atoms with E-state index < -0.39 is 0 Å². The maximum absolute atomic E-state index is 5.66. The topological polar surface area (TPSA) is 51.4 Å². The standard InChI is InChI=1S/C14H23N3O/c1-11(12-3-4-12)17(7-8-18-2)10-14-6-5-13(15)9-16-14/h5-6,9,11-12H,3-4,7-8,10,15H2,1-2H3. The van der Waals surface area contributed by atoms with Crippen molar-refractivity contribution in [1.29, 1.82) is 0 Å². The van der Waals surface area contributed by atoms with E-state index in [1.54, 1.807) is 13.3 Å². The summed E-state index contributed by atoms with van der Waals surface area (Å²) in [7, 11) is 1.75. The van der Waals surface area contributed by atoms with Crippen molar-refractivity contribution in [1.82, 2.24) is 9.88 Å². The maximum Gasteiger partial charge on any atom is 0.0589 e. The normalized spacial score (nSPS) is 17.1. The largest absolute Gasteiger partial charge is 0.397 e. The summed E-state index contributed by atoms with van der Waals surface area (Å²) in [5, 5.41) is 0. The van der Waals surface area contributed by atoms with Crippen LogP contribution >= 0.6 is 0 Å². The number of pyridine rings is 1. The van der Waals surface area contributed by atoms with Gasteiger partial charge in [-0.25, -0.2) is 0 Å². The Hall–Kier alpha value is -1.13. The van der Waals surface area contributed by atoms with Crippen LogP contribution in [0.25, 0.3) is 0 Å². The number of nitrogen functional groups attached to an aromatic ring is 1. The molecule has 1 aromatic heterocycles. The molecular formula is C14H23N3O. The van der Waals surface area contributed by atoms with Crippen molar-refractivity contribution in [2.75, 3.05) is 26.0 Å². The van der Waals surface area contributed by atoms with Crippen LogP contribution in [-0.4, -0.2) is 36.2 Å². The third-order valence-corrected chi connectivity index (χ3v) is 3.68. The molecule has 4 nitrogen and oxygen atoms in total. The number of hydrogen-bond donors (Lipinski definition) is 1. The van der Waals surface area contributed by atoms with Gasteiger partial charge in [0.2, 0.25) is 0 Å². The highest BCUT2D eigenvalue weighted by Crippen LogP contribution is 2.35. The number of hydrogen-bond acceptors (Lipinski definition) is 4. The van der Waals surface area contributed by atoms with Crippen LogP contribution in [0.3, 0.4) is 0 Å². The molecule has 1 saturated carbocycles. The summed E-state index contributed by atoms with van der Waals surface area (Å²) in [6, 6.07) is 4.53. The minimum Gasteiger partial charge on any atom is -0.397 e. The van der Waals surface area contributed by atoms with E-state index in [4.69, 9.17) is 10.5 Å². The smallest absolute Gasteiger partial charge is 0.0589 e. The third kappa shape index (κ3) is 3.68. The monoisotopic (exact) mass is 249 g/mol. The molecule has 0 amide bonds. The van der Waals surface area contributed by atoms with Crippen molar-refractivity contribution in [3.63, 3.8) is 0 Å². The molecule has 1 fully saturated rings. The zero-order valence-corrected chi connectivity index (χ0v) is 11.3. The van der Waals surface area contributed by atoms with E-state index in [-0.39, 0.29) is 0 Å². The van der Waals surface area contributed by atoms with Crippen LogP contribution in [0.5, 0.6) is 0 Å². The summed E-state index contributed by atoms with van der Waals surface area (Å²) >= 11 is 0. The molecule has 1 aromatic rings. The average Bonchev–Trinajstić information content (AvgIpc) is 3.20. The van der Waals surface area contributed by atoms with Crippen LogP contribution in [0.1, 0.15) is 25.5 Å². The van der Waals surface area contributed by atoms with Gasteiger partial charge < -0.3 is 10.5 Å². The van der Waals surface area contributed by atoms with Gasteiger partial charge in [-0.05, 0) is 37.8 Å². The molecule has 0 bridgehead atoms. The Morgan fingerprint density at radius 3 is 2.83 bits per heavy atom. The minimum absolute atomic E-state index is 0.611. The Morgan fingerprint density at radius 1 is 1.50 bits per heavy atom. The highest BCUT2D eigenvalue weighted by atomic mass is 16.5. The maximum atomic E-state index is 5.66. The van der Waals surface area contributed by atoms with Gasteiger partial charge in [-0.1, -0.05) is 0 Å². The zero-order valence-electron chi connectivity index (χ0n) is 11.3. The predicted octanol–water partition coefficient (Wildman–Crippen LogP) is 1.91. The molecule has 100 valence electrons. The molecule has 1 heterocycles. The van der Waals surface area contributed by atoms with Crippen molar-refractivity contribution < 1.29 is 4.74 Å². The first-order valence-corrected chi connectivity index (χ1v) is 6.64. The second kappa shape index (κ2) is 6.16. The molecular weight excluding hydrogens is 226 g/mol. The fourth-order valence-electron chi connectivity index (χ4n) is 2.25. The molecule has 4 heteroatoms. The van der Waals surface area contributed by atoms with Crippen LogP contribution in [-0.2, 0) is 11.3 Å². The van der Waals surface area contributed by atoms with Gasteiger partial charge in [0.25, 0.3) is 0 Å². The van der Waals surface area contributed by atoms with Gasteiger partial charge in [-0.3, -0.25) is 9.88 Å². The molecule has 1 aliphatic carbocycles. The summed E-state index contributed by atoms with van der Waals surface area (Å²) in [5.41, 5.74) is 7.46. The summed E-state index contributed by atoms with van der Waals surface area (Å²) in [6.45, 7) is 4.91. The lowest BCUT2D eigenvalue weighted by Gasteiger charge is -2.28. The predicted molar refractivity (Wildman–Crippen MR) is 73.1 cm³/mol. The summed E-state index contributed by atoms with van der Waals surface area (Å²) in [5.74, 6) is 0.857. The second-order valence-corrected chi connectivity index (χ2v) is 5.12. The van der Waals surface area contributed by atoms with Crippen molar-refractivity contribution in [3.05, 3.63) is 24.0 Å². The van der Waals surface area contributed by atoms with Gasteiger partial charge in [-0.15, -0.1) is 0 Å². The molecule has 0 radical (unpaired) electrons. The van der Waals surface area contributed by atoms with Gasteiger partial charge in [-0.2, -0.15) is 0 Å². The van der Waals surface area contributed by atoms with Gasteiger partial charge in [0.15, 0.2) is 0 Å². The van der Waals surface area contributed by atoms with Crippen LogP contribution in [0.4, 0.5) is 5.69 Å². The SMILES string of the molecule is COCCN(Cc1ccc(N)cn1)C(C)C1CC1. The second-order valence-electron chi connectivity index (χ2n) is 5.12. The lowest BCUT2D eigenvalue weighted by Crippen LogP contribution is -2.36. The molecule has 0 saturated heterocycles. The first kappa shape index (κ1) is 13.3. The van der Waals surface area contributed by atoms with Crippen molar-refractivity contribution in [2.24, 2.45) is 5.92 Å². The number of nitrogens with zero attached hydrogens (tertiary/aromatic N) is 2. The van der Waals surface area contributed by atoms with Crippen LogP contribution in [0.2, 0.25) is 0 Å². The Morgan fingerprint density at radius 2 is 2.28 bits per heavy atom. The number of rotatable bonds is 7. The van der Waals surface area contributed by atoms with Gasteiger partial charge in [0, 0.05) is 26.2 Å². The van der Waals surface area contributed by atoms with Gasteiger partial charge in [0.1, 0.15) is 0 Å². The number of nitrogens with two attached hydrogens (primary N) is 1. The quantitative estimate of drug-likeness (QED) is 0.802. The molecule has 0 spiro atoms. The molecule has 1 aliphatic rings. The number of anilines is 1. The number of methoxy groups -OCH3 is 1. The van der Waals surface area contributed by atoms with Crippen molar-refractivity contribution in [3.8, 4) is 0 Å². The third-order valence-electron chi connectivity index (χ3n) is 3.68. The number of ether oxygens (including phenoxy) is 1. The molecule has 2 N–H and O–H groups in total. The molecule has 0 aliphatic heterocycles. The Balaban J connectivity index is 1.96. The molecule has 2 rings (SSSR count). The summed E-state index contributed by atoms with van der Waals surface area (Å²) in [6.07, 6.45) is 4.45. The van der Waals surface area contributed by atoms with E-state index in [2.05, 4.69) is 16.8 Å². The first-order chi connectivity index (χ1) is 8.70. The fourth-order valence-corrected chi connectivity index (χ4v) is 2.25. The zero-order chi connectivity index (χ0) is 13.0. The summed E-state index contributed by atoms with van der Waals surface area (Å²) < 4.78 is 5.20. The number of aromatic nitrogens is 1. The first-order valence-electron chi connectivity index (χ1n) is 6.64. The van der Waals surface area contributed by atoms with Crippen LogP contribution in [0.15, 0.2) is 18.3 Å². The van der Waals surface area contributed by atoms with Gasteiger partial charge in [0.05, 0.1) is 24.2 Å². The van der Waals surface area contributed by atoms with E-state index in [0.29, 0.717) is 6.04 Å². The lowest BCUT2D eigenvalue weighted by molar-refractivity contribution is 0.110. The van der Waals surface area contributed by atoms with E-state index in [0.717, 1.165) is 37.0 Å². The van der Waals surface area contributed by atoms with E-state index >= 15 is 0 Å². The van der Waals surface area contributed by atoms with E-state index in [1.807, 2.05) is 12.1 Å². The lowest BCUT2D eigenvalue weighted by atomic mass is 10.1. The Bertz CT molecular complexity index is 362. The van der Waals surface area contributed by atoms with E-state index in [9.17, 15) is 0 Å². The van der Waals surface area contributed by atoms with E-state index in [1.165, 1.54) is 12.8 Å². The fraction of sp³-hybridized carbons (Fsp3) is 0.643.